The second kappa shape index (κ2) is 10.1. The van der Waals surface area contributed by atoms with E-state index in [1.165, 1.54) is 63.6 Å². The minimum atomic E-state index is 1.14. The van der Waals surface area contributed by atoms with Gasteiger partial charge in [0, 0.05) is 37.2 Å². The van der Waals surface area contributed by atoms with Gasteiger partial charge in [-0.05, 0) is 92.0 Å². The minimum absolute atomic E-state index is 1.14. The summed E-state index contributed by atoms with van der Waals surface area (Å²) in [6.45, 7) is 0. The van der Waals surface area contributed by atoms with Crippen LogP contribution in [0.3, 0.4) is 0 Å². The summed E-state index contributed by atoms with van der Waals surface area (Å²) in [6.07, 6.45) is 0. The lowest BCUT2D eigenvalue weighted by atomic mass is 9.90. The van der Waals surface area contributed by atoms with Gasteiger partial charge in [-0.2, -0.15) is 0 Å². The molecule has 9 rings (SSSR count). The lowest BCUT2D eigenvalue weighted by Crippen LogP contribution is -2.09. The maximum atomic E-state index is 2.36. The summed E-state index contributed by atoms with van der Waals surface area (Å²) in [7, 11) is 0. The lowest BCUT2D eigenvalue weighted by molar-refractivity contribution is 1.29. The van der Waals surface area contributed by atoms with E-state index < -0.39 is 0 Å². The van der Waals surface area contributed by atoms with Crippen molar-refractivity contribution < 1.29 is 0 Å². The molecule has 9 aromatic rings. The fourth-order valence-electron chi connectivity index (χ4n) is 6.78. The van der Waals surface area contributed by atoms with Crippen molar-refractivity contribution in [2.45, 2.75) is 0 Å². The van der Waals surface area contributed by atoms with Crippen LogP contribution in [-0.4, -0.2) is 0 Å². The molecule has 0 fully saturated rings. The van der Waals surface area contributed by atoms with Gasteiger partial charge in [-0.15, -0.1) is 11.3 Å². The van der Waals surface area contributed by atoms with Gasteiger partial charge in [0.2, 0.25) is 0 Å². The molecule has 1 heterocycles. The van der Waals surface area contributed by atoms with Crippen molar-refractivity contribution in [3.63, 3.8) is 0 Å². The molecular weight excluding hydrogens is 551 g/mol. The molecule has 0 bridgehead atoms. The highest BCUT2D eigenvalue weighted by Gasteiger charge is 2.16. The van der Waals surface area contributed by atoms with Crippen LogP contribution in [0.25, 0.3) is 63.6 Å². The first-order valence-electron chi connectivity index (χ1n) is 15.0. The summed E-state index contributed by atoms with van der Waals surface area (Å²) in [5.41, 5.74) is 5.91. The van der Waals surface area contributed by atoms with Gasteiger partial charge in [0.25, 0.3) is 0 Å². The Morgan fingerprint density at radius 1 is 0.364 bits per heavy atom. The number of para-hydroxylation sites is 1. The summed E-state index contributed by atoms with van der Waals surface area (Å²) in [6, 6.07) is 59.7. The third-order valence-corrected chi connectivity index (χ3v) is 9.95. The normalized spacial score (nSPS) is 11.6. The molecule has 2 heteroatoms. The zero-order chi connectivity index (χ0) is 29.0. The van der Waals surface area contributed by atoms with Crippen molar-refractivity contribution >= 4 is 80.9 Å². The van der Waals surface area contributed by atoms with E-state index in [9.17, 15) is 0 Å². The third-order valence-electron chi connectivity index (χ3n) is 8.82. The van der Waals surface area contributed by atoms with Crippen LogP contribution < -0.4 is 4.90 Å². The summed E-state index contributed by atoms with van der Waals surface area (Å²) in [5, 5.41) is 10.4. The maximum Gasteiger partial charge on any atom is 0.0476 e. The number of thiophene rings is 1. The van der Waals surface area contributed by atoms with Gasteiger partial charge >= 0.3 is 0 Å². The number of rotatable bonds is 4. The van der Waals surface area contributed by atoms with E-state index in [2.05, 4.69) is 169 Å². The van der Waals surface area contributed by atoms with Crippen molar-refractivity contribution in [3.05, 3.63) is 164 Å². The van der Waals surface area contributed by atoms with E-state index in [1.807, 2.05) is 11.3 Å². The molecule has 0 aliphatic rings. The van der Waals surface area contributed by atoms with Gasteiger partial charge < -0.3 is 4.90 Å². The summed E-state index contributed by atoms with van der Waals surface area (Å²) < 4.78 is 2.63. The van der Waals surface area contributed by atoms with E-state index in [1.54, 1.807) is 0 Å². The number of anilines is 3. The largest absolute Gasteiger partial charge is 0.310 e. The average molecular weight is 578 g/mol. The van der Waals surface area contributed by atoms with Crippen LogP contribution in [0.4, 0.5) is 17.1 Å². The Morgan fingerprint density at radius 2 is 0.955 bits per heavy atom. The number of hydrogen-bond donors (Lipinski definition) is 0. The standard InChI is InChI=1S/C42H27NS/c1-2-12-31(13-3-1)43(33-23-25-37-36-16-8-9-17-40(36)44-41(37)27-33)32-21-18-29(19-22-32)39-26-30-11-5-7-15-35(30)42-34-14-6-4-10-28(34)20-24-38(39)42/h1-27H. The second-order valence-corrected chi connectivity index (χ2v) is 12.4. The SMILES string of the molecule is c1ccc(N(c2ccc(-c3cc4ccccc4c4c3ccc3ccccc34)cc2)c2ccc3c(c2)sc2ccccc23)cc1. The van der Waals surface area contributed by atoms with Crippen LogP contribution in [-0.2, 0) is 0 Å². The summed E-state index contributed by atoms with van der Waals surface area (Å²) in [5.74, 6) is 0. The average Bonchev–Trinajstić information content (AvgIpc) is 3.46. The highest BCUT2D eigenvalue weighted by Crippen LogP contribution is 2.42. The molecule has 0 amide bonds. The molecule has 0 aliphatic heterocycles. The van der Waals surface area contributed by atoms with Gasteiger partial charge in [-0.25, -0.2) is 0 Å². The Balaban J connectivity index is 1.21. The summed E-state index contributed by atoms with van der Waals surface area (Å²) >= 11 is 1.86. The van der Waals surface area contributed by atoms with Gasteiger partial charge in [0.05, 0.1) is 0 Å². The van der Waals surface area contributed by atoms with E-state index in [4.69, 9.17) is 0 Å². The molecule has 0 unspecified atom stereocenters. The van der Waals surface area contributed by atoms with E-state index >= 15 is 0 Å². The highest BCUT2D eigenvalue weighted by molar-refractivity contribution is 7.25. The molecule has 0 saturated carbocycles. The Kier molecular flexibility index (Phi) is 5.75. The van der Waals surface area contributed by atoms with E-state index in [-0.39, 0.29) is 0 Å². The fourth-order valence-corrected chi connectivity index (χ4v) is 7.92. The topological polar surface area (TPSA) is 3.24 Å². The van der Waals surface area contributed by atoms with Gasteiger partial charge in [-0.3, -0.25) is 0 Å². The van der Waals surface area contributed by atoms with Crippen LogP contribution >= 0.6 is 11.3 Å². The Hall–Kier alpha value is -5.44. The number of benzene rings is 8. The molecule has 8 aromatic carbocycles. The first kappa shape index (κ1) is 25.1. The molecular formula is C42H27NS. The Bertz CT molecular complexity index is 2470. The molecule has 206 valence electrons. The van der Waals surface area contributed by atoms with Crippen LogP contribution in [0.5, 0.6) is 0 Å². The monoisotopic (exact) mass is 577 g/mol. The zero-order valence-electron chi connectivity index (χ0n) is 23.9. The molecule has 44 heavy (non-hydrogen) atoms. The molecule has 0 saturated heterocycles. The van der Waals surface area contributed by atoms with Crippen LogP contribution in [0.15, 0.2) is 164 Å². The van der Waals surface area contributed by atoms with Crippen molar-refractivity contribution in [2.75, 3.05) is 4.90 Å². The van der Waals surface area contributed by atoms with Gasteiger partial charge in [0.15, 0.2) is 0 Å². The predicted molar refractivity (Wildman–Crippen MR) is 192 cm³/mol. The first-order valence-corrected chi connectivity index (χ1v) is 15.8. The minimum Gasteiger partial charge on any atom is -0.310 e. The molecule has 0 aliphatic carbocycles. The molecule has 1 nitrogen and oxygen atoms in total. The molecule has 0 radical (unpaired) electrons. The lowest BCUT2D eigenvalue weighted by Gasteiger charge is -2.26. The van der Waals surface area contributed by atoms with Gasteiger partial charge in [-0.1, -0.05) is 115 Å². The van der Waals surface area contributed by atoms with Crippen molar-refractivity contribution in [3.8, 4) is 11.1 Å². The second-order valence-electron chi connectivity index (χ2n) is 11.4. The van der Waals surface area contributed by atoms with E-state index in [0.29, 0.717) is 0 Å². The number of nitrogens with zero attached hydrogens (tertiary/aromatic N) is 1. The fraction of sp³-hybridized carbons (Fsp3) is 0. The first-order chi connectivity index (χ1) is 21.8. The van der Waals surface area contributed by atoms with Crippen LogP contribution in [0, 0.1) is 0 Å². The van der Waals surface area contributed by atoms with Crippen molar-refractivity contribution in [1.29, 1.82) is 0 Å². The Morgan fingerprint density at radius 3 is 1.77 bits per heavy atom. The van der Waals surface area contributed by atoms with Gasteiger partial charge in [0.1, 0.15) is 0 Å². The van der Waals surface area contributed by atoms with Crippen molar-refractivity contribution in [1.82, 2.24) is 0 Å². The molecule has 0 N–H and O–H groups in total. The zero-order valence-corrected chi connectivity index (χ0v) is 24.8. The van der Waals surface area contributed by atoms with E-state index in [0.717, 1.165) is 17.1 Å². The smallest absolute Gasteiger partial charge is 0.0476 e. The molecule has 1 aromatic heterocycles. The number of hydrogen-bond acceptors (Lipinski definition) is 2. The highest BCUT2D eigenvalue weighted by atomic mass is 32.1. The number of fused-ring (bicyclic) bond motifs is 8. The van der Waals surface area contributed by atoms with Crippen LogP contribution in [0.2, 0.25) is 0 Å². The van der Waals surface area contributed by atoms with Crippen molar-refractivity contribution in [2.24, 2.45) is 0 Å². The Labute approximate surface area is 259 Å². The quantitative estimate of drug-likeness (QED) is 0.188. The summed E-state index contributed by atoms with van der Waals surface area (Å²) in [4.78, 5) is 2.36. The predicted octanol–water partition coefficient (Wildman–Crippen LogP) is 12.7. The molecule has 0 spiro atoms. The third kappa shape index (κ3) is 4.00. The van der Waals surface area contributed by atoms with Crippen LogP contribution in [0.1, 0.15) is 0 Å². The molecule has 0 atom stereocenters. The maximum absolute atomic E-state index is 2.36.